The van der Waals surface area contributed by atoms with Crippen LogP contribution >= 0.6 is 0 Å². The van der Waals surface area contributed by atoms with E-state index in [0.717, 1.165) is 28.7 Å². The Kier molecular flexibility index (Phi) is 9.15. The molecule has 2 atom stereocenters. The van der Waals surface area contributed by atoms with Crippen LogP contribution in [-0.4, -0.2) is 71.8 Å². The quantitative estimate of drug-likeness (QED) is 0.225. The van der Waals surface area contributed by atoms with Crippen LogP contribution in [0.2, 0.25) is 0 Å². The molecule has 1 aliphatic rings. The minimum Gasteiger partial charge on any atom is -0.477 e. The summed E-state index contributed by atoms with van der Waals surface area (Å²) >= 11 is 0. The lowest BCUT2D eigenvalue weighted by atomic mass is 9.93. The highest BCUT2D eigenvalue weighted by Crippen LogP contribution is 2.41. The second-order valence-electron chi connectivity index (χ2n) is 10.7. The van der Waals surface area contributed by atoms with Gasteiger partial charge in [-0.15, -0.1) is 10.2 Å². The van der Waals surface area contributed by atoms with Crippen LogP contribution in [0.5, 0.6) is 0 Å². The fourth-order valence-electron chi connectivity index (χ4n) is 5.30. The number of aliphatic carboxylic acids is 1. The van der Waals surface area contributed by atoms with E-state index < -0.39 is 29.5 Å². The molecule has 0 saturated carbocycles. The number of rotatable bonds is 12. The highest BCUT2D eigenvalue weighted by Gasteiger charge is 2.54. The number of aromatic nitrogens is 4. The van der Waals surface area contributed by atoms with Crippen molar-refractivity contribution in [2.75, 3.05) is 6.61 Å². The van der Waals surface area contributed by atoms with Crippen LogP contribution in [0.25, 0.3) is 22.5 Å². The molecule has 12 heteroatoms. The molecule has 0 bridgehead atoms. The first-order valence-corrected chi connectivity index (χ1v) is 14.0. The maximum atomic E-state index is 12.8. The molecule has 0 saturated heterocycles. The number of tetrazole rings is 1. The topological polar surface area (TPSA) is 163 Å². The normalized spacial score (nSPS) is 17.6. The van der Waals surface area contributed by atoms with Crippen LogP contribution in [0, 0.1) is 0 Å². The first-order chi connectivity index (χ1) is 20.0. The van der Waals surface area contributed by atoms with Gasteiger partial charge in [0.1, 0.15) is 23.1 Å². The summed E-state index contributed by atoms with van der Waals surface area (Å²) in [6.07, 6.45) is 0.284. The molecule has 2 aromatic carbocycles. The lowest BCUT2D eigenvalue weighted by Crippen LogP contribution is -2.61. The number of carboxylic acids is 1. The maximum absolute atomic E-state index is 12.8. The van der Waals surface area contributed by atoms with Crippen molar-refractivity contribution in [1.82, 2.24) is 30.8 Å². The Labute approximate surface area is 244 Å². The average Bonchev–Trinajstić information content (AvgIpc) is 3.60. The zero-order valence-corrected chi connectivity index (χ0v) is 24.5. The number of ether oxygens (including phenoxy) is 2. The van der Waals surface area contributed by atoms with Crippen LogP contribution < -0.4 is 5.32 Å². The Hall–Kier alpha value is -4.45. The number of nitrogens with zero attached hydrogens (tertiary/aromatic N) is 4. The molecule has 0 aliphatic carbocycles. The molecule has 2 heterocycles. The first-order valence-electron chi connectivity index (χ1n) is 14.0. The van der Waals surface area contributed by atoms with Crippen molar-refractivity contribution < 1.29 is 29.3 Å². The smallest absolute Gasteiger partial charge is 0.477 e. The van der Waals surface area contributed by atoms with Crippen molar-refractivity contribution in [1.29, 1.82) is 0 Å². The van der Waals surface area contributed by atoms with Gasteiger partial charge in [0.2, 0.25) is 5.82 Å². The minimum absolute atomic E-state index is 0.0792. The summed E-state index contributed by atoms with van der Waals surface area (Å²) in [5, 5.41) is 39.1. The molecule has 0 radical (unpaired) electrons. The van der Waals surface area contributed by atoms with E-state index in [9.17, 15) is 19.8 Å². The highest BCUT2D eigenvalue weighted by molar-refractivity contribution is 5.88. The number of benzene rings is 2. The Morgan fingerprint density at radius 1 is 1.10 bits per heavy atom. The highest BCUT2D eigenvalue weighted by atomic mass is 16.7. The second-order valence-corrected chi connectivity index (χ2v) is 10.7. The number of hydrogen-bond donors (Lipinski definition) is 4. The molecule has 42 heavy (non-hydrogen) atoms. The maximum Gasteiger partial charge on any atom is 0.508 e. The monoisotopic (exact) mass is 578 g/mol. The SMILES string of the molecule is CCCCC1(C(C)OC(=O)OCC)NC(C(C)(C)O)=C(C(=O)O)N1Cc1ccc(-c2ccccc2-c2nn[nH]n2)cc1. The predicted molar refractivity (Wildman–Crippen MR) is 155 cm³/mol. The van der Waals surface area contributed by atoms with Crippen molar-refractivity contribution in [2.45, 2.75) is 77.8 Å². The van der Waals surface area contributed by atoms with Gasteiger partial charge in [-0.3, -0.25) is 0 Å². The number of carboxylic acid groups (broad SMARTS) is 1. The third-order valence-corrected chi connectivity index (χ3v) is 7.38. The molecule has 3 aromatic rings. The van der Waals surface area contributed by atoms with Gasteiger partial charge in [-0.25, -0.2) is 9.59 Å². The standard InChI is InChI=1S/C30H38N6O6/c1-6-8-17-30(19(3)42-28(39)41-7-2)31-25(29(4,5)40)24(27(37)38)36(30)18-20-13-15-21(16-14-20)22-11-9-10-12-23(22)26-32-34-35-33-26/h9-16,19,31,40H,6-8,17-18H2,1-5H3,(H,37,38)(H,32,33,34,35). The van der Waals surface area contributed by atoms with Crippen molar-refractivity contribution in [3.05, 3.63) is 65.5 Å². The van der Waals surface area contributed by atoms with E-state index in [4.69, 9.17) is 9.47 Å². The van der Waals surface area contributed by atoms with Crippen molar-refractivity contribution in [3.63, 3.8) is 0 Å². The van der Waals surface area contributed by atoms with Gasteiger partial charge in [-0.05, 0) is 62.4 Å². The number of carbonyl (C=O) groups is 2. The zero-order valence-electron chi connectivity index (χ0n) is 24.5. The van der Waals surface area contributed by atoms with Gasteiger partial charge in [0.15, 0.2) is 0 Å². The summed E-state index contributed by atoms with van der Waals surface area (Å²) in [7, 11) is 0. The summed E-state index contributed by atoms with van der Waals surface area (Å²) in [6.45, 7) is 8.77. The van der Waals surface area contributed by atoms with Gasteiger partial charge in [-0.1, -0.05) is 61.9 Å². The van der Waals surface area contributed by atoms with E-state index in [2.05, 4.69) is 25.9 Å². The van der Waals surface area contributed by atoms with Crippen LogP contribution in [0.1, 0.15) is 59.4 Å². The molecule has 4 N–H and O–H groups in total. The number of hydrogen-bond acceptors (Lipinski definition) is 10. The Morgan fingerprint density at radius 2 is 1.79 bits per heavy atom. The van der Waals surface area contributed by atoms with E-state index in [1.165, 1.54) is 13.8 Å². The van der Waals surface area contributed by atoms with Gasteiger partial charge >= 0.3 is 12.1 Å². The zero-order chi connectivity index (χ0) is 30.5. The number of carbonyl (C=O) groups excluding carboxylic acids is 1. The molecular formula is C30H38N6O6. The van der Waals surface area contributed by atoms with E-state index in [-0.39, 0.29) is 24.5 Å². The molecule has 0 fully saturated rings. The van der Waals surface area contributed by atoms with Gasteiger partial charge in [0.05, 0.1) is 12.3 Å². The predicted octanol–water partition coefficient (Wildman–Crippen LogP) is 4.45. The molecule has 0 amide bonds. The van der Waals surface area contributed by atoms with E-state index in [1.54, 1.807) is 18.7 Å². The molecule has 1 aromatic heterocycles. The molecule has 0 spiro atoms. The molecule has 4 rings (SSSR count). The third kappa shape index (κ3) is 6.23. The molecule has 12 nitrogen and oxygen atoms in total. The van der Waals surface area contributed by atoms with E-state index >= 15 is 0 Å². The number of aliphatic hydroxyl groups is 1. The van der Waals surface area contributed by atoms with Crippen LogP contribution in [0.4, 0.5) is 4.79 Å². The second kappa shape index (κ2) is 12.6. The largest absolute Gasteiger partial charge is 0.508 e. The fraction of sp³-hybridized carbons (Fsp3) is 0.433. The number of aromatic amines is 1. The number of H-pyrrole nitrogens is 1. The lowest BCUT2D eigenvalue weighted by Gasteiger charge is -2.44. The lowest BCUT2D eigenvalue weighted by molar-refractivity contribution is -0.136. The molecular weight excluding hydrogens is 540 g/mol. The van der Waals surface area contributed by atoms with Crippen molar-refractivity contribution >= 4 is 12.1 Å². The fourth-order valence-corrected chi connectivity index (χ4v) is 5.30. The Morgan fingerprint density at radius 3 is 2.36 bits per heavy atom. The van der Waals surface area contributed by atoms with Gasteiger partial charge in [-0.2, -0.15) is 5.21 Å². The Balaban J connectivity index is 1.75. The average molecular weight is 579 g/mol. The number of unbranched alkanes of at least 4 members (excludes halogenated alkanes) is 1. The van der Waals surface area contributed by atoms with Gasteiger partial charge in [0, 0.05) is 12.1 Å². The van der Waals surface area contributed by atoms with Crippen molar-refractivity contribution in [2.24, 2.45) is 0 Å². The summed E-state index contributed by atoms with van der Waals surface area (Å²) in [5.74, 6) is -0.725. The van der Waals surface area contributed by atoms with E-state index in [0.29, 0.717) is 18.7 Å². The molecule has 2 unspecified atom stereocenters. The Bertz CT molecular complexity index is 1420. The first kappa shape index (κ1) is 30.5. The molecule has 224 valence electrons. The van der Waals surface area contributed by atoms with Crippen LogP contribution in [0.3, 0.4) is 0 Å². The van der Waals surface area contributed by atoms with Crippen molar-refractivity contribution in [3.8, 4) is 22.5 Å². The summed E-state index contributed by atoms with van der Waals surface area (Å²) < 4.78 is 10.7. The van der Waals surface area contributed by atoms with Crippen LogP contribution in [-0.2, 0) is 20.8 Å². The molecule has 1 aliphatic heterocycles. The van der Waals surface area contributed by atoms with Gasteiger partial charge < -0.3 is 29.9 Å². The van der Waals surface area contributed by atoms with E-state index in [1.807, 2.05) is 55.5 Å². The summed E-state index contributed by atoms with van der Waals surface area (Å²) in [6, 6.07) is 15.5. The van der Waals surface area contributed by atoms with Gasteiger partial charge in [0.25, 0.3) is 0 Å². The number of nitrogens with one attached hydrogen (secondary N) is 2. The summed E-state index contributed by atoms with van der Waals surface area (Å²) in [4.78, 5) is 26.8. The van der Waals surface area contributed by atoms with Crippen LogP contribution in [0.15, 0.2) is 59.9 Å². The summed E-state index contributed by atoms with van der Waals surface area (Å²) in [5.41, 5.74) is 0.871. The third-order valence-electron chi connectivity index (χ3n) is 7.38. The minimum atomic E-state index is -1.51.